The van der Waals surface area contributed by atoms with Crippen LogP contribution in [-0.2, 0) is 15.2 Å². The van der Waals surface area contributed by atoms with Gasteiger partial charge in [0, 0.05) is 24.3 Å². The number of carbonyl (C=O) groups is 2. The molecule has 10 heteroatoms. The van der Waals surface area contributed by atoms with Gasteiger partial charge in [-0.2, -0.15) is 0 Å². The number of nitrogens with one attached hydrogen (secondary N) is 3. The molecule has 1 aliphatic rings. The van der Waals surface area contributed by atoms with Crippen LogP contribution in [0, 0.1) is 0 Å². The van der Waals surface area contributed by atoms with E-state index >= 15 is 0 Å². The number of hydrogen-bond donors (Lipinski definition) is 4. The van der Waals surface area contributed by atoms with E-state index in [1.54, 1.807) is 24.3 Å². The molecule has 1 aromatic heterocycles. The Bertz CT molecular complexity index is 974. The molecule has 0 spiro atoms. The summed E-state index contributed by atoms with van der Waals surface area (Å²) in [6.45, 7) is 0.348. The molecule has 0 aliphatic carbocycles. The molecule has 2 amide bonds. The predicted molar refractivity (Wildman–Crippen MR) is 97.5 cm³/mol. The Morgan fingerprint density at radius 3 is 2.37 bits per heavy atom. The van der Waals surface area contributed by atoms with Gasteiger partial charge in [-0.1, -0.05) is 23.7 Å². The van der Waals surface area contributed by atoms with E-state index in [1.165, 1.54) is 4.90 Å². The molecule has 0 radical (unpaired) electrons. The fourth-order valence-corrected chi connectivity index (χ4v) is 3.08. The van der Waals surface area contributed by atoms with Gasteiger partial charge in [-0.3, -0.25) is 19.4 Å². The van der Waals surface area contributed by atoms with Crippen LogP contribution >= 0.6 is 11.6 Å². The number of hydrogen-bond acceptors (Lipinski definition) is 5. The first-order chi connectivity index (χ1) is 12.8. The van der Waals surface area contributed by atoms with E-state index < -0.39 is 28.7 Å². The normalized spacial score (nSPS) is 16.0. The monoisotopic (exact) mass is 392 g/mol. The molecule has 1 fully saturated rings. The third-order valence-corrected chi connectivity index (χ3v) is 4.77. The van der Waals surface area contributed by atoms with E-state index in [2.05, 4.69) is 10.3 Å². The van der Waals surface area contributed by atoms with Crippen LogP contribution in [0.25, 0.3) is 0 Å². The van der Waals surface area contributed by atoms with E-state index in [0.717, 1.165) is 6.20 Å². The zero-order valence-corrected chi connectivity index (χ0v) is 14.9. The van der Waals surface area contributed by atoms with Gasteiger partial charge in [0.15, 0.2) is 0 Å². The molecule has 0 saturated carbocycles. The maximum atomic E-state index is 12.3. The summed E-state index contributed by atoms with van der Waals surface area (Å²) in [5, 5.41) is 13.5. The maximum Gasteiger partial charge on any atom is 0.325 e. The summed E-state index contributed by atoms with van der Waals surface area (Å²) in [5.74, 6) is -1.82. The van der Waals surface area contributed by atoms with Crippen molar-refractivity contribution in [2.75, 3.05) is 18.4 Å². The van der Waals surface area contributed by atoms with Crippen molar-refractivity contribution in [3.63, 3.8) is 0 Å². The minimum absolute atomic E-state index is 0.174. The number of amides is 2. The second-order valence-electron chi connectivity index (χ2n) is 6.27. The van der Waals surface area contributed by atoms with Gasteiger partial charge in [0.1, 0.15) is 5.69 Å². The summed E-state index contributed by atoms with van der Waals surface area (Å²) in [6, 6.07) is 6.83. The number of nitrogens with zero attached hydrogens (tertiary/aromatic N) is 1. The molecule has 2 aromatic rings. The number of rotatable bonds is 2. The highest BCUT2D eigenvalue weighted by Gasteiger charge is 2.36. The molecule has 2 heterocycles. The van der Waals surface area contributed by atoms with Gasteiger partial charge in [-0.05, 0) is 30.5 Å². The number of aromatic nitrogens is 2. The summed E-state index contributed by atoms with van der Waals surface area (Å²) < 4.78 is 0. The van der Waals surface area contributed by atoms with Gasteiger partial charge in [-0.15, -0.1) is 0 Å². The van der Waals surface area contributed by atoms with Crippen molar-refractivity contribution in [2.45, 2.75) is 18.4 Å². The van der Waals surface area contributed by atoms with Crippen molar-refractivity contribution in [3.05, 3.63) is 61.9 Å². The minimum Gasteiger partial charge on any atom is -0.385 e. The van der Waals surface area contributed by atoms with E-state index in [0.29, 0.717) is 10.6 Å². The van der Waals surface area contributed by atoms with Gasteiger partial charge in [0.25, 0.3) is 5.56 Å². The van der Waals surface area contributed by atoms with Crippen LogP contribution in [0.15, 0.2) is 40.1 Å². The second-order valence-corrected chi connectivity index (χ2v) is 6.71. The molecule has 142 valence electrons. The van der Waals surface area contributed by atoms with Crippen molar-refractivity contribution in [2.24, 2.45) is 0 Å². The van der Waals surface area contributed by atoms with Crippen LogP contribution < -0.4 is 16.6 Å². The van der Waals surface area contributed by atoms with E-state index in [1.807, 2.05) is 4.98 Å². The van der Waals surface area contributed by atoms with E-state index in [-0.39, 0.29) is 31.6 Å². The molecule has 0 unspecified atom stereocenters. The van der Waals surface area contributed by atoms with E-state index in [4.69, 9.17) is 11.6 Å². The van der Waals surface area contributed by atoms with Crippen LogP contribution in [0.4, 0.5) is 5.69 Å². The molecule has 9 nitrogen and oxygen atoms in total. The number of aliphatic hydroxyl groups is 1. The summed E-state index contributed by atoms with van der Waals surface area (Å²) >= 11 is 5.86. The van der Waals surface area contributed by atoms with Crippen LogP contribution in [-0.4, -0.2) is 44.9 Å². The Kier molecular flexibility index (Phi) is 5.15. The Labute approximate surface area is 158 Å². The Morgan fingerprint density at radius 2 is 1.78 bits per heavy atom. The molecule has 0 bridgehead atoms. The Morgan fingerprint density at radius 1 is 1.15 bits per heavy atom. The van der Waals surface area contributed by atoms with Crippen molar-refractivity contribution in [1.29, 1.82) is 0 Å². The van der Waals surface area contributed by atoms with Crippen LogP contribution in [0.3, 0.4) is 0 Å². The summed E-state index contributed by atoms with van der Waals surface area (Å²) in [6.07, 6.45) is 1.53. The van der Waals surface area contributed by atoms with Gasteiger partial charge < -0.3 is 20.3 Å². The van der Waals surface area contributed by atoms with Gasteiger partial charge >= 0.3 is 17.5 Å². The molecule has 0 atom stereocenters. The van der Waals surface area contributed by atoms with Crippen molar-refractivity contribution >= 4 is 29.1 Å². The molecule has 3 rings (SSSR count). The van der Waals surface area contributed by atoms with Crippen LogP contribution in [0.1, 0.15) is 18.4 Å². The molecule has 1 saturated heterocycles. The number of carbonyl (C=O) groups excluding carboxylic acids is 2. The molecule has 1 aromatic carbocycles. The fraction of sp³-hybridized carbons (Fsp3) is 0.294. The predicted octanol–water partition coefficient (Wildman–Crippen LogP) is 0.165. The highest BCUT2D eigenvalue weighted by atomic mass is 35.5. The number of H-pyrrole nitrogens is 2. The van der Waals surface area contributed by atoms with Crippen LogP contribution in [0.2, 0.25) is 5.02 Å². The lowest BCUT2D eigenvalue weighted by atomic mass is 9.84. The fourth-order valence-electron chi connectivity index (χ4n) is 2.95. The molecular weight excluding hydrogens is 376 g/mol. The first-order valence-electron chi connectivity index (χ1n) is 8.19. The average molecular weight is 393 g/mol. The zero-order valence-electron chi connectivity index (χ0n) is 14.1. The summed E-state index contributed by atoms with van der Waals surface area (Å²) in [7, 11) is 0. The number of benzene rings is 1. The second kappa shape index (κ2) is 7.37. The van der Waals surface area contributed by atoms with Gasteiger partial charge in [-0.25, -0.2) is 4.79 Å². The first-order valence-corrected chi connectivity index (χ1v) is 8.57. The van der Waals surface area contributed by atoms with Crippen molar-refractivity contribution in [1.82, 2.24) is 14.9 Å². The lowest BCUT2D eigenvalue weighted by Gasteiger charge is -2.38. The number of aromatic amines is 2. The highest BCUT2D eigenvalue weighted by Crippen LogP contribution is 2.33. The van der Waals surface area contributed by atoms with Crippen molar-refractivity contribution in [3.8, 4) is 0 Å². The lowest BCUT2D eigenvalue weighted by Crippen LogP contribution is -2.48. The molecule has 1 aliphatic heterocycles. The standard InChI is InChI=1S/C17H17ClN4O5/c18-11-3-1-10(2-4-11)17(27)5-7-22(8-6-17)15(25)14(24)20-12-9-19-16(26)21-13(12)23/h1-4,9,27H,5-8H2,(H,20,24)(H2,19,21,23,26). The third kappa shape index (κ3) is 4.09. The Hall–Kier alpha value is -2.91. The zero-order chi connectivity index (χ0) is 19.6. The average Bonchev–Trinajstić information content (AvgIpc) is 2.64. The quantitative estimate of drug-likeness (QED) is 0.540. The van der Waals surface area contributed by atoms with Crippen LogP contribution in [0.5, 0.6) is 0 Å². The van der Waals surface area contributed by atoms with Gasteiger partial charge in [0.2, 0.25) is 0 Å². The molecular formula is C17H17ClN4O5. The molecule has 4 N–H and O–H groups in total. The Balaban J connectivity index is 1.64. The number of likely N-dealkylation sites (tertiary alicyclic amines) is 1. The molecule has 27 heavy (non-hydrogen) atoms. The van der Waals surface area contributed by atoms with Gasteiger partial charge in [0.05, 0.1) is 5.60 Å². The SMILES string of the molecule is O=C(Nc1c[nH]c(=O)[nH]c1=O)C(=O)N1CCC(O)(c2ccc(Cl)cc2)CC1. The number of halogens is 1. The largest absolute Gasteiger partial charge is 0.385 e. The topological polar surface area (TPSA) is 135 Å². The minimum atomic E-state index is -1.10. The summed E-state index contributed by atoms with van der Waals surface area (Å²) in [4.78, 5) is 52.4. The number of anilines is 1. The maximum absolute atomic E-state index is 12.3. The third-order valence-electron chi connectivity index (χ3n) is 4.52. The van der Waals surface area contributed by atoms with E-state index in [9.17, 15) is 24.3 Å². The highest BCUT2D eigenvalue weighted by molar-refractivity contribution is 6.39. The summed E-state index contributed by atoms with van der Waals surface area (Å²) in [5.41, 5.74) is -2.17. The first kappa shape index (κ1) is 18.9. The lowest BCUT2D eigenvalue weighted by molar-refractivity contribution is -0.146. The van der Waals surface area contributed by atoms with Crippen molar-refractivity contribution < 1.29 is 14.7 Å². The smallest absolute Gasteiger partial charge is 0.325 e. The number of piperidine rings is 1.